The molecule has 0 aliphatic heterocycles. The number of esters is 1. The lowest BCUT2D eigenvalue weighted by Gasteiger charge is -2.06. The molecule has 0 radical (unpaired) electrons. The predicted molar refractivity (Wildman–Crippen MR) is 107 cm³/mol. The lowest BCUT2D eigenvalue weighted by atomic mass is 10.1. The zero-order valence-electron chi connectivity index (χ0n) is 15.7. The molecule has 2 aromatic heterocycles. The maximum Gasteiger partial charge on any atom is 0.344 e. The number of carbonyl (C=O) groups excluding carboxylic acids is 2. The van der Waals surface area contributed by atoms with Gasteiger partial charge in [-0.25, -0.2) is 4.79 Å². The van der Waals surface area contributed by atoms with Gasteiger partial charge in [-0.2, -0.15) is 5.26 Å². The fourth-order valence-corrected chi connectivity index (χ4v) is 4.64. The zero-order valence-corrected chi connectivity index (χ0v) is 16.5. The number of amides is 1. The molecule has 0 unspecified atom stereocenters. The molecule has 1 aromatic carbocycles. The summed E-state index contributed by atoms with van der Waals surface area (Å²) in [4.78, 5) is 26.0. The van der Waals surface area contributed by atoms with Crippen molar-refractivity contribution in [1.82, 2.24) is 5.16 Å². The molecular formula is C21H17N3O4S. The average molecular weight is 407 g/mol. The van der Waals surface area contributed by atoms with Crippen molar-refractivity contribution >= 4 is 28.2 Å². The summed E-state index contributed by atoms with van der Waals surface area (Å²) < 4.78 is 10.3. The summed E-state index contributed by atoms with van der Waals surface area (Å²) in [5.41, 5.74) is 2.82. The molecule has 4 rings (SSSR count). The number of aryl methyl sites for hydroxylation is 2. The molecule has 0 saturated heterocycles. The van der Waals surface area contributed by atoms with Gasteiger partial charge >= 0.3 is 5.97 Å². The smallest absolute Gasteiger partial charge is 0.344 e. The molecule has 7 nitrogen and oxygen atoms in total. The maximum atomic E-state index is 12.6. The standard InChI is InChI=1S/C21H17N3O4S/c1-12-18(19(24-28-12)13-6-3-2-4-7-13)21(26)27-11-17(25)23-20-15(10-22)14-8-5-9-16(14)29-20/h2-4,6-7H,5,8-9,11H2,1H3,(H,23,25). The molecule has 1 aliphatic rings. The van der Waals surface area contributed by atoms with E-state index in [0.29, 0.717) is 27.6 Å². The zero-order chi connectivity index (χ0) is 20.4. The van der Waals surface area contributed by atoms with E-state index in [1.54, 1.807) is 19.1 Å². The number of thiophene rings is 1. The van der Waals surface area contributed by atoms with Crippen LogP contribution in [0.2, 0.25) is 0 Å². The molecule has 8 heteroatoms. The van der Waals surface area contributed by atoms with Crippen LogP contribution >= 0.6 is 11.3 Å². The van der Waals surface area contributed by atoms with Gasteiger partial charge in [-0.3, -0.25) is 4.79 Å². The highest BCUT2D eigenvalue weighted by molar-refractivity contribution is 7.16. The predicted octanol–water partition coefficient (Wildman–Crippen LogP) is 3.87. The molecule has 1 amide bonds. The molecule has 0 saturated carbocycles. The molecular weight excluding hydrogens is 390 g/mol. The fourth-order valence-electron chi connectivity index (χ4n) is 3.38. The van der Waals surface area contributed by atoms with Crippen molar-refractivity contribution in [2.45, 2.75) is 26.2 Å². The van der Waals surface area contributed by atoms with Gasteiger partial charge < -0.3 is 14.6 Å². The molecule has 1 N–H and O–H groups in total. The van der Waals surface area contributed by atoms with Crippen molar-refractivity contribution in [2.24, 2.45) is 0 Å². The number of carbonyl (C=O) groups is 2. The summed E-state index contributed by atoms with van der Waals surface area (Å²) in [6.07, 6.45) is 2.81. The molecule has 0 bridgehead atoms. The first-order valence-corrected chi connectivity index (χ1v) is 9.93. The van der Waals surface area contributed by atoms with Gasteiger partial charge in [0.05, 0.1) is 5.56 Å². The number of hydrogen-bond acceptors (Lipinski definition) is 7. The number of aromatic nitrogens is 1. The van der Waals surface area contributed by atoms with Crippen molar-refractivity contribution < 1.29 is 18.8 Å². The SMILES string of the molecule is Cc1onc(-c2ccccc2)c1C(=O)OCC(=O)Nc1sc2c(c1C#N)CCC2. The largest absolute Gasteiger partial charge is 0.452 e. The quantitative estimate of drug-likeness (QED) is 0.644. The minimum absolute atomic E-state index is 0.191. The number of benzene rings is 1. The Morgan fingerprint density at radius 2 is 2.10 bits per heavy atom. The van der Waals surface area contributed by atoms with Gasteiger partial charge in [-0.05, 0) is 31.7 Å². The summed E-state index contributed by atoms with van der Waals surface area (Å²) in [7, 11) is 0. The van der Waals surface area contributed by atoms with Crippen LogP contribution in [0, 0.1) is 18.3 Å². The minimum Gasteiger partial charge on any atom is -0.452 e. The van der Waals surface area contributed by atoms with E-state index in [1.807, 2.05) is 18.2 Å². The van der Waals surface area contributed by atoms with Gasteiger partial charge in [0.2, 0.25) is 0 Å². The van der Waals surface area contributed by atoms with Crippen LogP contribution in [-0.2, 0) is 22.4 Å². The third kappa shape index (κ3) is 3.65. The highest BCUT2D eigenvalue weighted by Crippen LogP contribution is 2.38. The molecule has 29 heavy (non-hydrogen) atoms. The number of ether oxygens (including phenoxy) is 1. The van der Waals surface area contributed by atoms with E-state index in [9.17, 15) is 14.9 Å². The van der Waals surface area contributed by atoms with E-state index in [2.05, 4.69) is 16.5 Å². The number of nitrogens with one attached hydrogen (secondary N) is 1. The molecule has 0 atom stereocenters. The van der Waals surface area contributed by atoms with Crippen LogP contribution in [0.4, 0.5) is 5.00 Å². The Bertz CT molecular complexity index is 1120. The van der Waals surface area contributed by atoms with Crippen LogP contribution in [0.3, 0.4) is 0 Å². The van der Waals surface area contributed by atoms with Crippen LogP contribution in [0.1, 0.15) is 38.5 Å². The van der Waals surface area contributed by atoms with Crippen molar-refractivity contribution in [1.29, 1.82) is 5.26 Å². The number of nitrogens with zero attached hydrogens (tertiary/aromatic N) is 2. The number of nitriles is 1. The number of fused-ring (bicyclic) bond motifs is 1. The number of hydrogen-bond donors (Lipinski definition) is 1. The van der Waals surface area contributed by atoms with Crippen LogP contribution in [-0.4, -0.2) is 23.6 Å². The van der Waals surface area contributed by atoms with Gasteiger partial charge in [0.1, 0.15) is 28.1 Å². The van der Waals surface area contributed by atoms with Gasteiger partial charge in [0.15, 0.2) is 6.61 Å². The van der Waals surface area contributed by atoms with Gasteiger partial charge in [0, 0.05) is 10.4 Å². The van der Waals surface area contributed by atoms with Crippen LogP contribution < -0.4 is 5.32 Å². The van der Waals surface area contributed by atoms with E-state index in [1.165, 1.54) is 11.3 Å². The Hall–Kier alpha value is -3.44. The molecule has 0 fully saturated rings. The first-order valence-electron chi connectivity index (χ1n) is 9.11. The topological polar surface area (TPSA) is 105 Å². The average Bonchev–Trinajstić information content (AvgIpc) is 3.41. The maximum absolute atomic E-state index is 12.6. The summed E-state index contributed by atoms with van der Waals surface area (Å²) in [5, 5.41) is 16.6. The normalized spacial score (nSPS) is 12.3. The molecule has 2 heterocycles. The van der Waals surface area contributed by atoms with E-state index < -0.39 is 18.5 Å². The highest BCUT2D eigenvalue weighted by Gasteiger charge is 2.25. The monoisotopic (exact) mass is 407 g/mol. The Kier molecular flexibility index (Phi) is 5.14. The molecule has 0 spiro atoms. The van der Waals surface area contributed by atoms with E-state index in [-0.39, 0.29) is 5.56 Å². The Morgan fingerprint density at radius 1 is 1.31 bits per heavy atom. The molecule has 146 valence electrons. The second kappa shape index (κ2) is 7.89. The van der Waals surface area contributed by atoms with E-state index in [0.717, 1.165) is 29.7 Å². The molecule has 1 aliphatic carbocycles. The summed E-state index contributed by atoms with van der Waals surface area (Å²) in [6, 6.07) is 11.3. The minimum atomic E-state index is -0.688. The first kappa shape index (κ1) is 18.9. The fraction of sp³-hybridized carbons (Fsp3) is 0.238. The van der Waals surface area contributed by atoms with E-state index >= 15 is 0 Å². The van der Waals surface area contributed by atoms with Crippen LogP contribution in [0.5, 0.6) is 0 Å². The van der Waals surface area contributed by atoms with Gasteiger partial charge in [-0.15, -0.1) is 11.3 Å². The first-order chi connectivity index (χ1) is 14.1. The van der Waals surface area contributed by atoms with Crippen molar-refractivity contribution in [3.63, 3.8) is 0 Å². The third-order valence-electron chi connectivity index (χ3n) is 4.73. The highest BCUT2D eigenvalue weighted by atomic mass is 32.1. The number of rotatable bonds is 5. The lowest BCUT2D eigenvalue weighted by Crippen LogP contribution is -2.21. The summed E-state index contributed by atoms with van der Waals surface area (Å²) in [6.45, 7) is 1.15. The third-order valence-corrected chi connectivity index (χ3v) is 5.94. The Morgan fingerprint density at radius 3 is 2.86 bits per heavy atom. The Labute approximate surface area is 170 Å². The van der Waals surface area contributed by atoms with Gasteiger partial charge in [0.25, 0.3) is 5.91 Å². The van der Waals surface area contributed by atoms with Crippen molar-refractivity contribution in [2.75, 3.05) is 11.9 Å². The lowest BCUT2D eigenvalue weighted by molar-refractivity contribution is -0.119. The van der Waals surface area contributed by atoms with Crippen LogP contribution in [0.15, 0.2) is 34.9 Å². The number of anilines is 1. The second-order valence-electron chi connectivity index (χ2n) is 6.63. The van der Waals surface area contributed by atoms with E-state index in [4.69, 9.17) is 9.26 Å². The molecule has 3 aromatic rings. The summed E-state index contributed by atoms with van der Waals surface area (Å²) in [5.74, 6) is -0.868. The van der Waals surface area contributed by atoms with Crippen molar-refractivity contribution in [3.8, 4) is 17.3 Å². The van der Waals surface area contributed by atoms with Gasteiger partial charge in [-0.1, -0.05) is 35.5 Å². The second-order valence-corrected chi connectivity index (χ2v) is 7.73. The summed E-state index contributed by atoms with van der Waals surface area (Å²) >= 11 is 1.42. The van der Waals surface area contributed by atoms with Crippen LogP contribution in [0.25, 0.3) is 11.3 Å². The van der Waals surface area contributed by atoms with Crippen molar-refractivity contribution in [3.05, 3.63) is 57.7 Å². The Balaban J connectivity index is 1.44.